The second-order valence-electron chi connectivity index (χ2n) is 3.75. The van der Waals surface area contributed by atoms with Gasteiger partial charge in [-0.25, -0.2) is 0 Å². The lowest BCUT2D eigenvalue weighted by Crippen LogP contribution is -1.84. The van der Waals surface area contributed by atoms with Gasteiger partial charge in [-0.15, -0.1) is 0 Å². The summed E-state index contributed by atoms with van der Waals surface area (Å²) in [5.74, 6) is 0. The molecule has 74 valence electrons. The van der Waals surface area contributed by atoms with E-state index < -0.39 is 0 Å². The van der Waals surface area contributed by atoms with Crippen LogP contribution in [0.5, 0.6) is 0 Å². The minimum Gasteiger partial charge on any atom is -0.278 e. The highest BCUT2D eigenvalue weighted by Crippen LogP contribution is 2.14. The molecule has 2 heteroatoms. The van der Waals surface area contributed by atoms with Crippen molar-refractivity contribution in [3.63, 3.8) is 0 Å². The number of H-pyrrole nitrogens is 1. The average molecular weight is 188 g/mol. The van der Waals surface area contributed by atoms with E-state index in [-0.39, 0.29) is 0 Å². The first kappa shape index (κ1) is 9.25. The molecule has 0 spiro atoms. The summed E-state index contributed by atoms with van der Waals surface area (Å²) in [6.45, 7) is 2.24. The maximum Gasteiger partial charge on any atom is 0.0650 e. The minimum absolute atomic E-state index is 1.13. The predicted molar refractivity (Wildman–Crippen MR) is 59.3 cm³/mol. The molecule has 0 aliphatic rings. The van der Waals surface area contributed by atoms with Gasteiger partial charge in [0.15, 0.2) is 0 Å². The zero-order valence-electron chi connectivity index (χ0n) is 8.59. The number of aromatic amines is 1. The predicted octanol–water partition coefficient (Wildman–Crippen LogP) is 3.30. The van der Waals surface area contributed by atoms with Crippen molar-refractivity contribution in [3.8, 4) is 0 Å². The number of hydrogen-bond acceptors (Lipinski definition) is 1. The van der Waals surface area contributed by atoms with Crippen LogP contribution in [0, 0.1) is 0 Å². The Balaban J connectivity index is 2.10. The number of aromatic nitrogens is 2. The van der Waals surface area contributed by atoms with Gasteiger partial charge in [0.2, 0.25) is 0 Å². The van der Waals surface area contributed by atoms with Gasteiger partial charge in [0.1, 0.15) is 0 Å². The molecule has 1 aromatic carbocycles. The first-order chi connectivity index (χ1) is 6.90. The highest BCUT2D eigenvalue weighted by Gasteiger charge is 1.97. The van der Waals surface area contributed by atoms with Gasteiger partial charge in [0, 0.05) is 5.39 Å². The fraction of sp³-hybridized carbons (Fsp3) is 0.417. The maximum absolute atomic E-state index is 4.01. The zero-order valence-corrected chi connectivity index (χ0v) is 8.59. The molecule has 1 N–H and O–H groups in total. The lowest BCUT2D eigenvalue weighted by molar-refractivity contribution is 0.718. The molecule has 1 heterocycles. The fourth-order valence-electron chi connectivity index (χ4n) is 1.73. The number of unbranched alkanes of at least 4 members (excludes halogenated alkanes) is 2. The lowest BCUT2D eigenvalue weighted by atomic mass is 10.1. The van der Waals surface area contributed by atoms with Gasteiger partial charge in [-0.3, -0.25) is 5.10 Å². The summed E-state index contributed by atoms with van der Waals surface area (Å²) in [6.07, 6.45) is 6.98. The molecular formula is C12H16N2. The molecule has 0 radical (unpaired) electrons. The largest absolute Gasteiger partial charge is 0.278 e. The number of rotatable bonds is 4. The molecule has 0 saturated carbocycles. The third-order valence-corrected chi connectivity index (χ3v) is 2.57. The van der Waals surface area contributed by atoms with Crippen molar-refractivity contribution in [2.45, 2.75) is 32.6 Å². The molecule has 2 rings (SSSR count). The van der Waals surface area contributed by atoms with E-state index in [0.717, 1.165) is 5.52 Å². The lowest BCUT2D eigenvalue weighted by Gasteiger charge is -2.00. The van der Waals surface area contributed by atoms with Crippen molar-refractivity contribution in [2.75, 3.05) is 0 Å². The minimum atomic E-state index is 1.13. The third-order valence-electron chi connectivity index (χ3n) is 2.57. The summed E-state index contributed by atoms with van der Waals surface area (Å²) in [6, 6.07) is 6.54. The molecule has 1 aromatic heterocycles. The second kappa shape index (κ2) is 4.27. The molecule has 0 atom stereocenters. The average Bonchev–Trinajstić information content (AvgIpc) is 2.65. The Morgan fingerprint density at radius 3 is 3.07 bits per heavy atom. The number of nitrogens with one attached hydrogen (secondary N) is 1. The molecule has 2 aromatic rings. The Hall–Kier alpha value is -1.31. The Morgan fingerprint density at radius 1 is 1.29 bits per heavy atom. The van der Waals surface area contributed by atoms with Gasteiger partial charge in [-0.2, -0.15) is 5.10 Å². The van der Waals surface area contributed by atoms with Crippen LogP contribution in [0.15, 0.2) is 24.4 Å². The molecule has 0 aliphatic heterocycles. The monoisotopic (exact) mass is 188 g/mol. The van der Waals surface area contributed by atoms with E-state index in [1.54, 1.807) is 0 Å². The zero-order chi connectivity index (χ0) is 9.80. The highest BCUT2D eigenvalue weighted by molar-refractivity contribution is 5.78. The van der Waals surface area contributed by atoms with E-state index >= 15 is 0 Å². The van der Waals surface area contributed by atoms with Crippen LogP contribution in [0.1, 0.15) is 31.7 Å². The van der Waals surface area contributed by atoms with Crippen LogP contribution in [-0.4, -0.2) is 10.2 Å². The van der Waals surface area contributed by atoms with Gasteiger partial charge in [-0.1, -0.05) is 25.8 Å². The molecule has 14 heavy (non-hydrogen) atoms. The van der Waals surface area contributed by atoms with Gasteiger partial charge >= 0.3 is 0 Å². The van der Waals surface area contributed by atoms with Crippen LogP contribution in [0.4, 0.5) is 0 Å². The smallest absolute Gasteiger partial charge is 0.0650 e. The van der Waals surface area contributed by atoms with Crippen molar-refractivity contribution >= 4 is 10.9 Å². The summed E-state index contributed by atoms with van der Waals surface area (Å²) >= 11 is 0. The van der Waals surface area contributed by atoms with Crippen LogP contribution in [-0.2, 0) is 6.42 Å². The van der Waals surface area contributed by atoms with Crippen molar-refractivity contribution in [3.05, 3.63) is 30.0 Å². The van der Waals surface area contributed by atoms with Crippen LogP contribution in [0.3, 0.4) is 0 Å². The Bertz CT molecular complexity index is 403. The molecule has 2 nitrogen and oxygen atoms in total. The number of benzene rings is 1. The first-order valence-electron chi connectivity index (χ1n) is 5.32. The summed E-state index contributed by atoms with van der Waals surface area (Å²) < 4.78 is 0. The molecule has 0 unspecified atom stereocenters. The van der Waals surface area contributed by atoms with E-state index in [4.69, 9.17) is 0 Å². The van der Waals surface area contributed by atoms with E-state index in [9.17, 15) is 0 Å². The Morgan fingerprint density at radius 2 is 2.21 bits per heavy atom. The summed E-state index contributed by atoms with van der Waals surface area (Å²) in [5, 5.41) is 8.20. The second-order valence-corrected chi connectivity index (χ2v) is 3.75. The van der Waals surface area contributed by atoms with E-state index in [2.05, 4.69) is 35.3 Å². The SMILES string of the molecule is CCCCCc1ccc2[nH]ncc2c1. The van der Waals surface area contributed by atoms with Gasteiger partial charge in [0.05, 0.1) is 11.7 Å². The molecule has 0 amide bonds. The van der Waals surface area contributed by atoms with E-state index in [0.29, 0.717) is 0 Å². The van der Waals surface area contributed by atoms with Crippen molar-refractivity contribution < 1.29 is 0 Å². The van der Waals surface area contributed by atoms with Crippen LogP contribution in [0.2, 0.25) is 0 Å². The fourth-order valence-corrected chi connectivity index (χ4v) is 1.73. The van der Waals surface area contributed by atoms with Crippen LogP contribution in [0.25, 0.3) is 10.9 Å². The van der Waals surface area contributed by atoms with Gasteiger partial charge in [-0.05, 0) is 30.5 Å². The quantitative estimate of drug-likeness (QED) is 0.733. The Labute approximate surface area is 84.3 Å². The van der Waals surface area contributed by atoms with E-state index in [1.807, 2.05) is 6.20 Å². The standard InChI is InChI=1S/C12H16N2/c1-2-3-4-5-10-6-7-12-11(8-10)9-13-14-12/h6-9H,2-5H2,1H3,(H,13,14). The summed E-state index contributed by atoms with van der Waals surface area (Å²) in [5.41, 5.74) is 2.55. The topological polar surface area (TPSA) is 28.7 Å². The van der Waals surface area contributed by atoms with Crippen LogP contribution < -0.4 is 0 Å². The third kappa shape index (κ3) is 1.95. The van der Waals surface area contributed by atoms with Crippen molar-refractivity contribution in [1.82, 2.24) is 10.2 Å². The number of nitrogens with zero attached hydrogens (tertiary/aromatic N) is 1. The molecule has 0 fully saturated rings. The molecule has 0 bridgehead atoms. The van der Waals surface area contributed by atoms with Crippen molar-refractivity contribution in [2.24, 2.45) is 0 Å². The van der Waals surface area contributed by atoms with Gasteiger partial charge in [0.25, 0.3) is 0 Å². The molecule has 0 saturated heterocycles. The highest BCUT2D eigenvalue weighted by atomic mass is 15.1. The summed E-state index contributed by atoms with van der Waals surface area (Å²) in [4.78, 5) is 0. The number of fused-ring (bicyclic) bond motifs is 1. The molecule has 0 aliphatic carbocycles. The van der Waals surface area contributed by atoms with E-state index in [1.165, 1.54) is 36.6 Å². The van der Waals surface area contributed by atoms with Crippen LogP contribution >= 0.6 is 0 Å². The van der Waals surface area contributed by atoms with Gasteiger partial charge < -0.3 is 0 Å². The summed E-state index contributed by atoms with van der Waals surface area (Å²) in [7, 11) is 0. The normalized spacial score (nSPS) is 10.9. The molecular weight excluding hydrogens is 172 g/mol. The van der Waals surface area contributed by atoms with Crippen molar-refractivity contribution in [1.29, 1.82) is 0 Å². The first-order valence-corrected chi connectivity index (χ1v) is 5.32. The number of aryl methyl sites for hydroxylation is 1. The maximum atomic E-state index is 4.01. The number of hydrogen-bond donors (Lipinski definition) is 1. The Kier molecular flexibility index (Phi) is 2.82.